The van der Waals surface area contributed by atoms with Crippen molar-refractivity contribution < 1.29 is 44.3 Å². The lowest BCUT2D eigenvalue weighted by Crippen LogP contribution is -2.56. The highest BCUT2D eigenvalue weighted by Gasteiger charge is 2.47. The van der Waals surface area contributed by atoms with Gasteiger partial charge in [-0.3, -0.25) is 9.59 Å². The van der Waals surface area contributed by atoms with Gasteiger partial charge in [0.1, 0.15) is 11.9 Å². The van der Waals surface area contributed by atoms with Gasteiger partial charge in [-0.05, 0) is 49.1 Å². The Hall–Kier alpha value is -3.09. The van der Waals surface area contributed by atoms with E-state index in [1.807, 2.05) is 0 Å². The molecule has 0 spiro atoms. The third kappa shape index (κ3) is 6.13. The highest BCUT2D eigenvalue weighted by molar-refractivity contribution is 7.90. The molecule has 2 amide bonds. The molecule has 1 aliphatic heterocycles. The molecule has 1 saturated carbocycles. The molecule has 1 saturated heterocycles. The Balaban J connectivity index is 1.62. The third-order valence-electron chi connectivity index (χ3n) is 6.71. The number of carbonyl (C=O) groups is 2. The summed E-state index contributed by atoms with van der Waals surface area (Å²) in [5, 5.41) is 2.49. The van der Waals surface area contributed by atoms with Gasteiger partial charge < -0.3 is 10.2 Å². The van der Waals surface area contributed by atoms with Crippen LogP contribution in [-0.4, -0.2) is 49.9 Å². The van der Waals surface area contributed by atoms with E-state index in [0.29, 0.717) is 25.0 Å². The lowest BCUT2D eigenvalue weighted by molar-refractivity contribution is -0.138. The van der Waals surface area contributed by atoms with E-state index in [0.717, 1.165) is 23.3 Å². The molecule has 0 radical (unpaired) electrons. The van der Waals surface area contributed by atoms with Gasteiger partial charge >= 0.3 is 6.18 Å². The smallest absolute Gasteiger partial charge is 0.347 e. The number of nitrogens with one attached hydrogen (secondary N) is 1. The van der Waals surface area contributed by atoms with Gasteiger partial charge in [-0.25, -0.2) is 21.6 Å². The first-order chi connectivity index (χ1) is 17.6. The van der Waals surface area contributed by atoms with Gasteiger partial charge in [0.25, 0.3) is 11.8 Å². The van der Waals surface area contributed by atoms with Crippen LogP contribution in [0.5, 0.6) is 0 Å². The van der Waals surface area contributed by atoms with Crippen molar-refractivity contribution in [3.05, 3.63) is 65.0 Å². The first-order valence-electron chi connectivity index (χ1n) is 11.7. The van der Waals surface area contributed by atoms with Crippen LogP contribution < -0.4 is 5.32 Å². The lowest BCUT2D eigenvalue weighted by Gasteiger charge is -2.39. The molecule has 2 unspecified atom stereocenters. The molecular weight excluding hydrogens is 538 g/mol. The van der Waals surface area contributed by atoms with Gasteiger partial charge in [-0.2, -0.15) is 13.2 Å². The monoisotopic (exact) mass is 562 g/mol. The number of carbonyl (C=O) groups excluding carboxylic acids is 2. The van der Waals surface area contributed by atoms with E-state index in [4.69, 9.17) is 0 Å². The highest BCUT2D eigenvalue weighted by Crippen LogP contribution is 2.43. The van der Waals surface area contributed by atoms with Gasteiger partial charge in [-0.1, -0.05) is 12.1 Å². The van der Waals surface area contributed by atoms with Crippen molar-refractivity contribution in [1.29, 1.82) is 0 Å². The summed E-state index contributed by atoms with van der Waals surface area (Å²) in [5.41, 5.74) is -1.54. The molecule has 2 atom stereocenters. The Labute approximate surface area is 214 Å². The summed E-state index contributed by atoms with van der Waals surface area (Å²) < 4.78 is 106. The van der Waals surface area contributed by atoms with E-state index in [1.54, 1.807) is 0 Å². The van der Waals surface area contributed by atoms with Crippen molar-refractivity contribution in [3.8, 4) is 0 Å². The van der Waals surface area contributed by atoms with Crippen LogP contribution in [0.25, 0.3) is 0 Å². The molecule has 2 fully saturated rings. The Morgan fingerprint density at radius 1 is 1.11 bits per heavy atom. The van der Waals surface area contributed by atoms with Gasteiger partial charge in [0.15, 0.2) is 9.84 Å². The average molecular weight is 563 g/mol. The number of alkyl halides is 5. The van der Waals surface area contributed by atoms with E-state index in [-0.39, 0.29) is 21.9 Å². The van der Waals surface area contributed by atoms with E-state index < -0.39 is 76.6 Å². The van der Waals surface area contributed by atoms with Gasteiger partial charge in [0.05, 0.1) is 16.5 Å². The average Bonchev–Trinajstić information content (AvgIpc) is 3.66. The van der Waals surface area contributed by atoms with Crippen molar-refractivity contribution in [2.45, 2.75) is 54.8 Å². The van der Waals surface area contributed by atoms with Crippen LogP contribution in [0.1, 0.15) is 53.2 Å². The molecule has 0 aromatic heterocycles. The quantitative estimate of drug-likeness (QED) is 0.515. The molecule has 13 heteroatoms. The van der Waals surface area contributed by atoms with Crippen molar-refractivity contribution in [3.63, 3.8) is 0 Å². The summed E-state index contributed by atoms with van der Waals surface area (Å²) in [5.74, 6) is -6.65. The molecule has 2 aromatic rings. The standard InChI is InChI=1S/C25H24F6N2O4S/c1-38(36,37)17-4-2-3-15(11-17)23(35)33-10-9-24(27,28)13-20(33)22(34)32-21(14-5-6-14)18-8-7-16(12-19(18)26)25(29,30)31/h2-4,7-8,11-12,14,20-21H,5-6,9-10,13H2,1H3,(H,32,34). The number of nitrogens with zero attached hydrogens (tertiary/aromatic N) is 1. The number of halogens is 6. The minimum Gasteiger partial charge on any atom is -0.347 e. The van der Waals surface area contributed by atoms with Crippen LogP contribution >= 0.6 is 0 Å². The van der Waals surface area contributed by atoms with Crippen LogP contribution in [0.4, 0.5) is 26.3 Å². The Kier molecular flexibility index (Phi) is 7.28. The number of hydrogen-bond acceptors (Lipinski definition) is 4. The van der Waals surface area contributed by atoms with E-state index >= 15 is 0 Å². The van der Waals surface area contributed by atoms with Crippen molar-refractivity contribution in [2.24, 2.45) is 5.92 Å². The number of benzene rings is 2. The zero-order chi connectivity index (χ0) is 28.0. The number of piperidine rings is 1. The maximum absolute atomic E-state index is 14.7. The van der Waals surface area contributed by atoms with E-state index in [9.17, 15) is 44.3 Å². The predicted molar refractivity (Wildman–Crippen MR) is 124 cm³/mol. The third-order valence-corrected chi connectivity index (χ3v) is 7.82. The van der Waals surface area contributed by atoms with Gasteiger partial charge in [-0.15, -0.1) is 0 Å². The molecule has 2 aliphatic rings. The van der Waals surface area contributed by atoms with Crippen molar-refractivity contribution in [2.75, 3.05) is 12.8 Å². The fourth-order valence-electron chi connectivity index (χ4n) is 4.52. The molecule has 6 nitrogen and oxygen atoms in total. The van der Waals surface area contributed by atoms with Crippen LogP contribution in [0, 0.1) is 11.7 Å². The van der Waals surface area contributed by atoms with Crippen LogP contribution in [0.15, 0.2) is 47.4 Å². The first-order valence-corrected chi connectivity index (χ1v) is 13.6. The fraction of sp³-hybridized carbons (Fsp3) is 0.440. The fourth-order valence-corrected chi connectivity index (χ4v) is 5.19. The van der Waals surface area contributed by atoms with Crippen LogP contribution in [-0.2, 0) is 20.8 Å². The van der Waals surface area contributed by atoms with Gasteiger partial charge in [0, 0.05) is 36.8 Å². The summed E-state index contributed by atoms with van der Waals surface area (Å²) in [6.07, 6.45) is -4.52. The summed E-state index contributed by atoms with van der Waals surface area (Å²) >= 11 is 0. The molecular formula is C25H24F6N2O4S. The first kappa shape index (κ1) is 27.9. The molecule has 38 heavy (non-hydrogen) atoms. The molecule has 1 N–H and O–H groups in total. The molecule has 0 bridgehead atoms. The molecule has 1 heterocycles. The lowest BCUT2D eigenvalue weighted by atomic mass is 9.95. The minimum absolute atomic E-state index is 0.122. The summed E-state index contributed by atoms with van der Waals surface area (Å²) in [4.78, 5) is 27.3. The Morgan fingerprint density at radius 2 is 1.79 bits per heavy atom. The molecule has 206 valence electrons. The maximum Gasteiger partial charge on any atom is 0.416 e. The van der Waals surface area contributed by atoms with Gasteiger partial charge in [0.2, 0.25) is 5.91 Å². The largest absolute Gasteiger partial charge is 0.416 e. The summed E-state index contributed by atoms with van der Waals surface area (Å²) in [7, 11) is -3.68. The van der Waals surface area contributed by atoms with Crippen LogP contribution in [0.3, 0.4) is 0 Å². The maximum atomic E-state index is 14.7. The number of hydrogen-bond donors (Lipinski definition) is 1. The topological polar surface area (TPSA) is 83.6 Å². The summed E-state index contributed by atoms with van der Waals surface area (Å²) in [6.45, 7) is -0.504. The second kappa shape index (κ2) is 9.90. The zero-order valence-corrected chi connectivity index (χ0v) is 20.9. The van der Waals surface area contributed by atoms with Crippen molar-refractivity contribution in [1.82, 2.24) is 10.2 Å². The Morgan fingerprint density at radius 3 is 2.37 bits per heavy atom. The number of sulfone groups is 1. The second-order valence-electron chi connectivity index (χ2n) is 9.68. The molecule has 4 rings (SSSR count). The van der Waals surface area contributed by atoms with Crippen LogP contribution in [0.2, 0.25) is 0 Å². The Bertz CT molecular complexity index is 1360. The minimum atomic E-state index is -4.78. The molecule has 2 aromatic carbocycles. The molecule has 1 aliphatic carbocycles. The normalized spacial score (nSPS) is 20.6. The SMILES string of the molecule is CS(=O)(=O)c1cccc(C(=O)N2CCC(F)(F)CC2C(=O)NC(c2ccc(C(F)(F)F)cc2F)C2CC2)c1. The highest BCUT2D eigenvalue weighted by atomic mass is 32.2. The van der Waals surface area contributed by atoms with E-state index in [2.05, 4.69) is 5.32 Å². The number of amides is 2. The van der Waals surface area contributed by atoms with Crippen molar-refractivity contribution >= 4 is 21.7 Å². The summed E-state index contributed by atoms with van der Waals surface area (Å²) in [6, 6.07) is 4.12. The second-order valence-corrected chi connectivity index (χ2v) is 11.7. The number of likely N-dealkylation sites (tertiary alicyclic amines) is 1. The predicted octanol–water partition coefficient (Wildman–Crippen LogP) is 4.76. The van der Waals surface area contributed by atoms with E-state index in [1.165, 1.54) is 18.2 Å². The zero-order valence-electron chi connectivity index (χ0n) is 20.1. The number of rotatable bonds is 6.